The van der Waals surface area contributed by atoms with E-state index in [1.54, 1.807) is 24.9 Å². The molecule has 0 aliphatic heterocycles. The highest BCUT2D eigenvalue weighted by atomic mass is 32.2. The first-order valence-electron chi connectivity index (χ1n) is 10.5. The van der Waals surface area contributed by atoms with Crippen molar-refractivity contribution in [3.8, 4) is 11.3 Å². The van der Waals surface area contributed by atoms with E-state index in [-0.39, 0.29) is 11.8 Å². The highest BCUT2D eigenvalue weighted by Crippen LogP contribution is 2.26. The summed E-state index contributed by atoms with van der Waals surface area (Å²) in [5, 5.41) is 20.4. The van der Waals surface area contributed by atoms with Crippen LogP contribution in [0.1, 0.15) is 41.9 Å². The van der Waals surface area contributed by atoms with E-state index in [1.807, 2.05) is 44.3 Å². The lowest BCUT2D eigenvalue weighted by Gasteiger charge is -2.13. The van der Waals surface area contributed by atoms with Gasteiger partial charge in [0, 0.05) is 27.8 Å². The van der Waals surface area contributed by atoms with Crippen LogP contribution in [0.25, 0.3) is 11.3 Å². The molecule has 0 aliphatic carbocycles. The SMILES string of the molecule is CNCc1ccc(C(=N)OC(=N)c2nc(-c3ccc(SC(C)C)cc3)cnc2C)c(C)c1. The van der Waals surface area contributed by atoms with Gasteiger partial charge in [0.25, 0.3) is 0 Å². The number of hydrogen-bond acceptors (Lipinski definition) is 7. The van der Waals surface area contributed by atoms with Crippen molar-refractivity contribution >= 4 is 23.6 Å². The van der Waals surface area contributed by atoms with Gasteiger partial charge < -0.3 is 10.1 Å². The summed E-state index contributed by atoms with van der Waals surface area (Å²) in [6, 6.07) is 14.0. The molecule has 0 unspecified atom stereocenters. The molecule has 3 N–H and O–H groups in total. The van der Waals surface area contributed by atoms with Gasteiger partial charge in [-0.1, -0.05) is 38.1 Å². The number of thioether (sulfide) groups is 1. The van der Waals surface area contributed by atoms with Crippen molar-refractivity contribution < 1.29 is 4.74 Å². The van der Waals surface area contributed by atoms with Crippen LogP contribution in [-0.4, -0.2) is 34.1 Å². The first kappa shape index (κ1) is 23.6. The minimum Gasteiger partial charge on any atom is -0.419 e. The summed E-state index contributed by atoms with van der Waals surface area (Å²) < 4.78 is 5.58. The number of aromatic nitrogens is 2. The fraction of sp³-hybridized carbons (Fsp3) is 0.280. The van der Waals surface area contributed by atoms with E-state index < -0.39 is 0 Å². The third kappa shape index (κ3) is 5.81. The van der Waals surface area contributed by atoms with Crippen LogP contribution in [0.15, 0.2) is 53.6 Å². The van der Waals surface area contributed by atoms with Gasteiger partial charge in [0.1, 0.15) is 5.69 Å². The van der Waals surface area contributed by atoms with Gasteiger partial charge in [0.15, 0.2) is 0 Å². The molecule has 3 rings (SSSR count). The Morgan fingerprint density at radius 3 is 2.41 bits per heavy atom. The van der Waals surface area contributed by atoms with Crippen LogP contribution in [0, 0.1) is 24.7 Å². The standard InChI is InChI=1S/C25H29N5OS/c1-15(2)32-20-9-7-19(8-10-20)22-14-29-17(4)23(30-22)25(27)31-24(26)21-11-6-18(13-28-5)12-16(21)3/h6-12,14-15,26-28H,13H2,1-5H3. The van der Waals surface area contributed by atoms with Crippen LogP contribution in [0.3, 0.4) is 0 Å². The van der Waals surface area contributed by atoms with E-state index in [0.29, 0.717) is 27.9 Å². The Kier molecular flexibility index (Phi) is 7.77. The number of nitrogens with zero attached hydrogens (tertiary/aromatic N) is 2. The molecule has 0 radical (unpaired) electrons. The third-order valence-corrected chi connectivity index (χ3v) is 5.83. The first-order valence-corrected chi connectivity index (χ1v) is 11.4. The summed E-state index contributed by atoms with van der Waals surface area (Å²) in [5.74, 6) is -0.266. The second-order valence-electron chi connectivity index (χ2n) is 7.82. The highest BCUT2D eigenvalue weighted by molar-refractivity contribution is 7.99. The predicted octanol–water partition coefficient (Wildman–Crippen LogP) is 5.35. The monoisotopic (exact) mass is 447 g/mol. The quantitative estimate of drug-likeness (QED) is 0.258. The van der Waals surface area contributed by atoms with Crippen molar-refractivity contribution in [2.75, 3.05) is 7.05 Å². The van der Waals surface area contributed by atoms with E-state index in [0.717, 1.165) is 23.2 Å². The van der Waals surface area contributed by atoms with Gasteiger partial charge in [-0.15, -0.1) is 11.8 Å². The number of nitrogens with one attached hydrogen (secondary N) is 3. The van der Waals surface area contributed by atoms with Gasteiger partial charge in [-0.25, -0.2) is 4.98 Å². The van der Waals surface area contributed by atoms with Gasteiger partial charge in [-0.3, -0.25) is 15.8 Å². The molecule has 6 nitrogen and oxygen atoms in total. The molecule has 0 saturated heterocycles. The summed E-state index contributed by atoms with van der Waals surface area (Å²) in [5.41, 5.74) is 5.20. The third-order valence-electron chi connectivity index (χ3n) is 4.81. The molecule has 7 heteroatoms. The summed E-state index contributed by atoms with van der Waals surface area (Å²) >= 11 is 1.80. The summed E-state index contributed by atoms with van der Waals surface area (Å²) in [7, 11) is 1.90. The number of hydrogen-bond donors (Lipinski definition) is 3. The number of ether oxygens (including phenoxy) is 1. The Morgan fingerprint density at radius 2 is 1.78 bits per heavy atom. The van der Waals surface area contributed by atoms with Crippen molar-refractivity contribution in [2.24, 2.45) is 0 Å². The van der Waals surface area contributed by atoms with Gasteiger partial charge >= 0.3 is 0 Å². The molecule has 166 valence electrons. The molecule has 0 amide bonds. The van der Waals surface area contributed by atoms with Crippen LogP contribution < -0.4 is 5.32 Å². The molecule has 0 saturated carbocycles. The lowest BCUT2D eigenvalue weighted by molar-refractivity contribution is 0.534. The summed E-state index contributed by atoms with van der Waals surface area (Å²) in [6.07, 6.45) is 1.70. The van der Waals surface area contributed by atoms with Gasteiger partial charge in [-0.05, 0) is 50.2 Å². The fourth-order valence-corrected chi connectivity index (χ4v) is 4.12. The largest absolute Gasteiger partial charge is 0.419 e. The molecule has 1 heterocycles. The van der Waals surface area contributed by atoms with E-state index >= 15 is 0 Å². The second kappa shape index (κ2) is 10.5. The zero-order valence-electron chi connectivity index (χ0n) is 19.1. The summed E-state index contributed by atoms with van der Waals surface area (Å²) in [6.45, 7) is 8.80. The molecule has 0 aliphatic rings. The topological polar surface area (TPSA) is 94.7 Å². The van der Waals surface area contributed by atoms with Crippen molar-refractivity contribution in [1.82, 2.24) is 15.3 Å². The minimum absolute atomic E-state index is 0.0785. The van der Waals surface area contributed by atoms with Gasteiger partial charge in [0.2, 0.25) is 11.8 Å². The molecule has 0 atom stereocenters. The Balaban J connectivity index is 1.79. The fourth-order valence-electron chi connectivity index (χ4n) is 3.28. The molecule has 2 aromatic carbocycles. The Bertz CT molecular complexity index is 1130. The van der Waals surface area contributed by atoms with Crippen molar-refractivity contribution in [1.29, 1.82) is 10.8 Å². The second-order valence-corrected chi connectivity index (χ2v) is 9.47. The van der Waals surface area contributed by atoms with Gasteiger partial charge in [0.05, 0.1) is 17.6 Å². The maximum atomic E-state index is 8.42. The number of benzene rings is 2. The van der Waals surface area contributed by atoms with Crippen molar-refractivity contribution in [2.45, 2.75) is 44.4 Å². The average molecular weight is 448 g/mol. The molecule has 0 bridgehead atoms. The first-order chi connectivity index (χ1) is 15.3. The number of aryl methyl sites for hydroxylation is 2. The van der Waals surface area contributed by atoms with Crippen LogP contribution in [0.5, 0.6) is 0 Å². The van der Waals surface area contributed by atoms with E-state index in [9.17, 15) is 0 Å². The van der Waals surface area contributed by atoms with E-state index in [1.165, 1.54) is 4.90 Å². The summed E-state index contributed by atoms with van der Waals surface area (Å²) in [4.78, 5) is 10.2. The molecule has 3 aromatic rings. The van der Waals surface area contributed by atoms with E-state index in [2.05, 4.69) is 41.3 Å². The molecule has 0 spiro atoms. The molecular formula is C25H29N5OS. The average Bonchev–Trinajstić information content (AvgIpc) is 2.74. The molecule has 1 aromatic heterocycles. The minimum atomic E-state index is -0.187. The van der Waals surface area contributed by atoms with Crippen molar-refractivity contribution in [3.63, 3.8) is 0 Å². The van der Waals surface area contributed by atoms with Crippen LogP contribution in [0.4, 0.5) is 0 Å². The number of rotatable bonds is 7. The lowest BCUT2D eigenvalue weighted by Crippen LogP contribution is -2.17. The highest BCUT2D eigenvalue weighted by Gasteiger charge is 2.16. The zero-order chi connectivity index (χ0) is 23.3. The van der Waals surface area contributed by atoms with Crippen LogP contribution >= 0.6 is 11.8 Å². The van der Waals surface area contributed by atoms with Crippen LogP contribution in [0.2, 0.25) is 0 Å². The van der Waals surface area contributed by atoms with E-state index in [4.69, 9.17) is 15.6 Å². The predicted molar refractivity (Wildman–Crippen MR) is 132 cm³/mol. The van der Waals surface area contributed by atoms with Crippen LogP contribution in [-0.2, 0) is 11.3 Å². The lowest BCUT2D eigenvalue weighted by atomic mass is 10.0. The molecular weight excluding hydrogens is 418 g/mol. The zero-order valence-corrected chi connectivity index (χ0v) is 19.9. The maximum Gasteiger partial charge on any atom is 0.241 e. The molecule has 32 heavy (non-hydrogen) atoms. The smallest absolute Gasteiger partial charge is 0.241 e. The van der Waals surface area contributed by atoms with Crippen molar-refractivity contribution in [3.05, 3.63) is 76.7 Å². The Hall–Kier alpha value is -3.03. The molecule has 0 fully saturated rings. The Labute approximate surface area is 193 Å². The normalized spacial score (nSPS) is 10.9. The van der Waals surface area contributed by atoms with Gasteiger partial charge in [-0.2, -0.15) is 0 Å². The maximum absolute atomic E-state index is 8.42. The Morgan fingerprint density at radius 1 is 1.06 bits per heavy atom.